The van der Waals surface area contributed by atoms with Crippen molar-refractivity contribution in [3.63, 3.8) is 0 Å². The molecule has 25 heavy (non-hydrogen) atoms. The Hall–Kier alpha value is -2.42. The van der Waals surface area contributed by atoms with E-state index in [4.69, 9.17) is 9.57 Å². The summed E-state index contributed by atoms with van der Waals surface area (Å²) in [5, 5.41) is 6.70. The molecule has 0 saturated carbocycles. The van der Waals surface area contributed by atoms with Crippen molar-refractivity contribution in [2.45, 2.75) is 17.9 Å². The SMILES string of the molecule is CON=C1CSc2cc(N3CC(CNC(C)=O)OC3=O)ccc2N1C. The lowest BCUT2D eigenvalue weighted by Crippen LogP contribution is -2.33. The fourth-order valence-electron chi connectivity index (χ4n) is 2.73. The minimum Gasteiger partial charge on any atom is -0.442 e. The number of oxime groups is 1. The first-order chi connectivity index (χ1) is 12.0. The zero-order valence-electron chi connectivity index (χ0n) is 14.3. The van der Waals surface area contributed by atoms with Gasteiger partial charge in [-0.3, -0.25) is 9.69 Å². The average Bonchev–Trinajstić information content (AvgIpc) is 2.96. The normalized spacial score (nSPS) is 21.2. The van der Waals surface area contributed by atoms with Crippen molar-refractivity contribution in [1.82, 2.24) is 5.32 Å². The smallest absolute Gasteiger partial charge is 0.414 e. The molecule has 1 aromatic carbocycles. The molecule has 0 radical (unpaired) electrons. The quantitative estimate of drug-likeness (QED) is 0.818. The van der Waals surface area contributed by atoms with Gasteiger partial charge in [0.05, 0.1) is 24.5 Å². The number of nitrogens with zero attached hydrogens (tertiary/aromatic N) is 3. The minimum atomic E-state index is -0.397. The van der Waals surface area contributed by atoms with Crippen molar-refractivity contribution in [3.05, 3.63) is 18.2 Å². The number of hydrogen-bond acceptors (Lipinski definition) is 6. The van der Waals surface area contributed by atoms with E-state index in [0.717, 1.165) is 22.1 Å². The molecule has 1 saturated heterocycles. The van der Waals surface area contributed by atoms with Crippen molar-refractivity contribution in [2.75, 3.05) is 42.8 Å². The molecule has 9 heteroatoms. The summed E-state index contributed by atoms with van der Waals surface area (Å²) in [5.41, 5.74) is 1.79. The van der Waals surface area contributed by atoms with Crippen molar-refractivity contribution in [2.24, 2.45) is 5.16 Å². The summed E-state index contributed by atoms with van der Waals surface area (Å²) in [6, 6.07) is 5.81. The summed E-state index contributed by atoms with van der Waals surface area (Å²) in [7, 11) is 3.46. The summed E-state index contributed by atoms with van der Waals surface area (Å²) < 4.78 is 5.31. The van der Waals surface area contributed by atoms with E-state index in [-0.39, 0.29) is 12.0 Å². The Morgan fingerprint density at radius 2 is 2.32 bits per heavy atom. The van der Waals surface area contributed by atoms with Crippen LogP contribution in [0.15, 0.2) is 28.3 Å². The Labute approximate surface area is 150 Å². The van der Waals surface area contributed by atoms with Gasteiger partial charge in [0.2, 0.25) is 5.91 Å². The molecule has 0 bridgehead atoms. The van der Waals surface area contributed by atoms with E-state index in [1.54, 1.807) is 16.7 Å². The van der Waals surface area contributed by atoms with Gasteiger partial charge in [-0.1, -0.05) is 5.16 Å². The molecule has 1 unspecified atom stereocenters. The maximum atomic E-state index is 12.1. The second kappa shape index (κ2) is 7.22. The zero-order valence-corrected chi connectivity index (χ0v) is 15.1. The van der Waals surface area contributed by atoms with Crippen LogP contribution in [0, 0.1) is 0 Å². The van der Waals surface area contributed by atoms with Crippen LogP contribution in [0.5, 0.6) is 0 Å². The largest absolute Gasteiger partial charge is 0.442 e. The molecule has 134 valence electrons. The first-order valence-electron chi connectivity index (χ1n) is 7.82. The van der Waals surface area contributed by atoms with Crippen molar-refractivity contribution in [3.8, 4) is 0 Å². The van der Waals surface area contributed by atoms with Gasteiger partial charge < -0.3 is 19.8 Å². The summed E-state index contributed by atoms with van der Waals surface area (Å²) in [6.07, 6.45) is -0.741. The Bertz CT molecular complexity index is 724. The number of carbonyl (C=O) groups excluding carboxylic acids is 2. The second-order valence-corrected chi connectivity index (χ2v) is 6.76. The Morgan fingerprint density at radius 3 is 3.04 bits per heavy atom. The van der Waals surface area contributed by atoms with Crippen LogP contribution in [0.25, 0.3) is 0 Å². The lowest BCUT2D eigenvalue weighted by molar-refractivity contribution is -0.119. The monoisotopic (exact) mass is 364 g/mol. The van der Waals surface area contributed by atoms with Crippen molar-refractivity contribution in [1.29, 1.82) is 0 Å². The van der Waals surface area contributed by atoms with E-state index in [0.29, 0.717) is 18.8 Å². The van der Waals surface area contributed by atoms with Crippen LogP contribution in [0.2, 0.25) is 0 Å². The maximum absolute atomic E-state index is 12.1. The van der Waals surface area contributed by atoms with Crippen LogP contribution in [0.3, 0.4) is 0 Å². The molecular weight excluding hydrogens is 344 g/mol. The average molecular weight is 364 g/mol. The number of amidine groups is 1. The predicted octanol–water partition coefficient (Wildman–Crippen LogP) is 1.65. The number of cyclic esters (lactones) is 1. The second-order valence-electron chi connectivity index (χ2n) is 5.74. The maximum Gasteiger partial charge on any atom is 0.414 e. The van der Waals surface area contributed by atoms with Gasteiger partial charge >= 0.3 is 6.09 Å². The lowest BCUT2D eigenvalue weighted by atomic mass is 10.2. The topological polar surface area (TPSA) is 83.5 Å². The fraction of sp³-hybridized carbons (Fsp3) is 0.438. The van der Waals surface area contributed by atoms with E-state index in [2.05, 4.69) is 10.5 Å². The molecule has 1 aromatic rings. The van der Waals surface area contributed by atoms with E-state index < -0.39 is 6.09 Å². The highest BCUT2D eigenvalue weighted by Gasteiger charge is 2.33. The van der Waals surface area contributed by atoms with Crippen LogP contribution >= 0.6 is 11.8 Å². The summed E-state index contributed by atoms with van der Waals surface area (Å²) >= 11 is 1.64. The first-order valence-corrected chi connectivity index (χ1v) is 8.81. The fourth-order valence-corrected chi connectivity index (χ4v) is 3.82. The Balaban J connectivity index is 1.76. The number of rotatable bonds is 4. The lowest BCUT2D eigenvalue weighted by Gasteiger charge is -2.28. The highest BCUT2D eigenvalue weighted by molar-refractivity contribution is 8.00. The van der Waals surface area contributed by atoms with Gasteiger partial charge in [0.15, 0.2) is 5.84 Å². The predicted molar refractivity (Wildman–Crippen MR) is 96.3 cm³/mol. The highest BCUT2D eigenvalue weighted by Crippen LogP contribution is 2.38. The first kappa shape index (κ1) is 17.4. The molecule has 2 aliphatic rings. The van der Waals surface area contributed by atoms with Crippen LogP contribution in [0.1, 0.15) is 6.92 Å². The number of amides is 2. The molecule has 2 amide bonds. The van der Waals surface area contributed by atoms with Gasteiger partial charge in [-0.25, -0.2) is 4.79 Å². The Morgan fingerprint density at radius 1 is 1.52 bits per heavy atom. The molecule has 0 spiro atoms. The molecule has 8 nitrogen and oxygen atoms in total. The van der Waals surface area contributed by atoms with Crippen molar-refractivity contribution >= 4 is 41.0 Å². The standard InChI is InChI=1S/C16H20N4O4S/c1-10(21)17-7-12-8-20(16(22)24-12)11-4-5-13-14(6-11)25-9-15(18-23-3)19(13)2/h4-6,12H,7-9H2,1-3H3,(H,17,21). The Kier molecular flexibility index (Phi) is 5.03. The molecule has 3 rings (SSSR count). The molecule has 0 aliphatic carbocycles. The summed E-state index contributed by atoms with van der Waals surface area (Å²) in [4.78, 5) is 32.6. The van der Waals surface area contributed by atoms with Gasteiger partial charge in [0.25, 0.3) is 0 Å². The molecule has 1 fully saturated rings. The third-order valence-electron chi connectivity index (χ3n) is 4.01. The number of nitrogens with one attached hydrogen (secondary N) is 1. The van der Waals surface area contributed by atoms with E-state index in [9.17, 15) is 9.59 Å². The third-order valence-corrected chi connectivity index (χ3v) is 5.05. The van der Waals surface area contributed by atoms with Crippen LogP contribution in [-0.2, 0) is 14.4 Å². The van der Waals surface area contributed by atoms with E-state index >= 15 is 0 Å². The van der Waals surface area contributed by atoms with E-state index in [1.165, 1.54) is 14.0 Å². The molecule has 0 aromatic heterocycles. The highest BCUT2D eigenvalue weighted by atomic mass is 32.2. The molecule has 1 N–H and O–H groups in total. The number of thioether (sulfide) groups is 1. The van der Waals surface area contributed by atoms with E-state index in [1.807, 2.05) is 30.1 Å². The van der Waals surface area contributed by atoms with Gasteiger partial charge in [-0.2, -0.15) is 0 Å². The zero-order chi connectivity index (χ0) is 18.0. The summed E-state index contributed by atoms with van der Waals surface area (Å²) in [5.74, 6) is 1.39. The number of hydrogen-bond donors (Lipinski definition) is 1. The number of carbonyl (C=O) groups is 2. The number of benzene rings is 1. The number of ether oxygens (including phenoxy) is 1. The molecular formula is C16H20N4O4S. The third kappa shape index (κ3) is 3.65. The molecule has 2 aliphatic heterocycles. The van der Waals surface area contributed by atoms with Gasteiger partial charge in [0, 0.05) is 24.6 Å². The molecule has 1 atom stereocenters. The summed E-state index contributed by atoms with van der Waals surface area (Å²) in [6.45, 7) is 2.17. The van der Waals surface area contributed by atoms with Crippen LogP contribution in [-0.4, -0.2) is 56.9 Å². The number of anilines is 2. The minimum absolute atomic E-state index is 0.142. The van der Waals surface area contributed by atoms with Crippen LogP contribution in [0.4, 0.5) is 16.2 Å². The molecule has 2 heterocycles. The van der Waals surface area contributed by atoms with Crippen LogP contribution < -0.4 is 15.1 Å². The van der Waals surface area contributed by atoms with Gasteiger partial charge in [-0.15, -0.1) is 11.8 Å². The van der Waals surface area contributed by atoms with Gasteiger partial charge in [-0.05, 0) is 18.2 Å². The van der Waals surface area contributed by atoms with Crippen molar-refractivity contribution < 1.29 is 19.2 Å². The number of fused-ring (bicyclic) bond motifs is 1. The van der Waals surface area contributed by atoms with Gasteiger partial charge in [0.1, 0.15) is 13.2 Å².